The molecule has 34 heavy (non-hydrogen) atoms. The van der Waals surface area contributed by atoms with Crippen LogP contribution in [0, 0.1) is 20.8 Å². The molecule has 0 aliphatic heterocycles. The van der Waals surface area contributed by atoms with E-state index in [0.717, 1.165) is 33.7 Å². The first-order chi connectivity index (χ1) is 16.3. The van der Waals surface area contributed by atoms with Gasteiger partial charge in [-0.25, -0.2) is 4.98 Å². The third kappa shape index (κ3) is 4.98. The van der Waals surface area contributed by atoms with Gasteiger partial charge >= 0.3 is 0 Å². The van der Waals surface area contributed by atoms with E-state index in [1.165, 1.54) is 0 Å². The number of nitrogens with zero attached hydrogens (tertiary/aromatic N) is 4. The molecule has 0 aliphatic rings. The molecule has 2 aromatic carbocycles. The van der Waals surface area contributed by atoms with Crippen LogP contribution in [0.25, 0.3) is 11.0 Å². The lowest BCUT2D eigenvalue weighted by Gasteiger charge is -2.25. The Balaban J connectivity index is 1.57. The topological polar surface area (TPSA) is 80.1 Å². The summed E-state index contributed by atoms with van der Waals surface area (Å²) in [5.74, 6) is 0.313. The highest BCUT2D eigenvalue weighted by Crippen LogP contribution is 2.19. The number of para-hydroxylation sites is 1. The van der Waals surface area contributed by atoms with Gasteiger partial charge in [-0.2, -0.15) is 0 Å². The number of anilines is 1. The minimum atomic E-state index is -0.724. The molecule has 2 heterocycles. The quantitative estimate of drug-likeness (QED) is 0.460. The molecule has 0 saturated carbocycles. The molecule has 2 aromatic heterocycles. The SMILES string of the molecule is Cc1ccc(N(C)C(=O)[C@H](Cc2ccccc2)NC(=O)Cn2c(C)nc3c(C)cccc32)cn1. The molecule has 7 heteroatoms. The van der Waals surface area contributed by atoms with Gasteiger partial charge in [0.2, 0.25) is 11.8 Å². The number of imidazole rings is 1. The summed E-state index contributed by atoms with van der Waals surface area (Å²) in [6, 6.07) is 18.6. The summed E-state index contributed by atoms with van der Waals surface area (Å²) in [4.78, 5) is 37.1. The number of carbonyl (C=O) groups is 2. The summed E-state index contributed by atoms with van der Waals surface area (Å²) in [6.45, 7) is 5.87. The van der Waals surface area contributed by atoms with Crippen molar-refractivity contribution in [2.45, 2.75) is 39.8 Å². The maximum atomic E-state index is 13.5. The van der Waals surface area contributed by atoms with E-state index in [4.69, 9.17) is 0 Å². The molecule has 1 N–H and O–H groups in total. The van der Waals surface area contributed by atoms with Crippen molar-refractivity contribution in [1.82, 2.24) is 19.9 Å². The molecule has 0 saturated heterocycles. The standard InChI is InChI=1S/C27H29N5O2/c1-18-9-8-12-24-26(18)29-20(3)32(24)17-25(33)30-23(15-21-10-6-5-7-11-21)27(34)31(4)22-14-13-19(2)28-16-22/h5-14,16,23H,15,17H2,1-4H3,(H,30,33)/t23-/m0/s1. The van der Waals surface area contributed by atoms with Gasteiger partial charge in [-0.1, -0.05) is 42.5 Å². The second kappa shape index (κ2) is 9.87. The molecule has 0 fully saturated rings. The Labute approximate surface area is 199 Å². The lowest BCUT2D eigenvalue weighted by atomic mass is 10.0. The highest BCUT2D eigenvalue weighted by molar-refractivity contribution is 5.99. The molecule has 0 radical (unpaired) electrons. The molecule has 0 aliphatic carbocycles. The fraction of sp³-hybridized carbons (Fsp3) is 0.259. The highest BCUT2D eigenvalue weighted by Gasteiger charge is 2.26. The van der Waals surface area contributed by atoms with Gasteiger partial charge in [-0.3, -0.25) is 14.6 Å². The fourth-order valence-electron chi connectivity index (χ4n) is 4.06. The Morgan fingerprint density at radius 1 is 1.00 bits per heavy atom. The van der Waals surface area contributed by atoms with E-state index in [1.54, 1.807) is 18.1 Å². The number of amides is 2. The van der Waals surface area contributed by atoms with Crippen LogP contribution in [0.4, 0.5) is 5.69 Å². The maximum Gasteiger partial charge on any atom is 0.249 e. The van der Waals surface area contributed by atoms with Gasteiger partial charge in [0, 0.05) is 19.2 Å². The smallest absolute Gasteiger partial charge is 0.249 e. The van der Waals surface area contributed by atoms with Crippen LogP contribution >= 0.6 is 0 Å². The molecule has 0 unspecified atom stereocenters. The molecular formula is C27H29N5O2. The van der Waals surface area contributed by atoms with E-state index in [2.05, 4.69) is 15.3 Å². The van der Waals surface area contributed by atoms with Crippen LogP contribution < -0.4 is 10.2 Å². The van der Waals surface area contributed by atoms with Crippen molar-refractivity contribution in [2.24, 2.45) is 0 Å². The Morgan fingerprint density at radius 2 is 1.76 bits per heavy atom. The number of hydrogen-bond donors (Lipinski definition) is 1. The monoisotopic (exact) mass is 455 g/mol. The molecule has 7 nitrogen and oxygen atoms in total. The lowest BCUT2D eigenvalue weighted by molar-refractivity contribution is -0.127. The number of benzene rings is 2. The molecule has 2 amide bonds. The van der Waals surface area contributed by atoms with Crippen LogP contribution in [0.3, 0.4) is 0 Å². The number of likely N-dealkylation sites (N-methyl/N-ethyl adjacent to an activating group) is 1. The first-order valence-electron chi connectivity index (χ1n) is 11.3. The van der Waals surface area contributed by atoms with Crippen LogP contribution in [-0.4, -0.2) is 39.4 Å². The van der Waals surface area contributed by atoms with Crippen molar-refractivity contribution in [1.29, 1.82) is 0 Å². The largest absolute Gasteiger partial charge is 0.342 e. The van der Waals surface area contributed by atoms with Crippen LogP contribution in [0.15, 0.2) is 66.9 Å². The normalized spacial score (nSPS) is 11.9. The molecule has 0 spiro atoms. The van der Waals surface area contributed by atoms with Gasteiger partial charge < -0.3 is 14.8 Å². The van der Waals surface area contributed by atoms with Gasteiger partial charge in [0.25, 0.3) is 0 Å². The maximum absolute atomic E-state index is 13.5. The number of carbonyl (C=O) groups excluding carboxylic acids is 2. The van der Waals surface area contributed by atoms with Crippen molar-refractivity contribution in [2.75, 3.05) is 11.9 Å². The Hall–Kier alpha value is -4.00. The van der Waals surface area contributed by atoms with E-state index < -0.39 is 6.04 Å². The first kappa shape index (κ1) is 23.2. The zero-order chi connectivity index (χ0) is 24.2. The fourth-order valence-corrected chi connectivity index (χ4v) is 4.06. The number of aromatic nitrogens is 3. The number of aryl methyl sites for hydroxylation is 3. The van der Waals surface area contributed by atoms with Crippen LogP contribution in [0.1, 0.15) is 22.6 Å². The number of hydrogen-bond acceptors (Lipinski definition) is 4. The summed E-state index contributed by atoms with van der Waals surface area (Å²) < 4.78 is 1.88. The summed E-state index contributed by atoms with van der Waals surface area (Å²) >= 11 is 0. The van der Waals surface area contributed by atoms with E-state index in [1.807, 2.05) is 86.0 Å². The van der Waals surface area contributed by atoms with Crippen molar-refractivity contribution in [3.05, 3.63) is 89.5 Å². The van der Waals surface area contributed by atoms with Gasteiger partial charge in [0.1, 0.15) is 18.4 Å². The summed E-state index contributed by atoms with van der Waals surface area (Å²) in [5, 5.41) is 2.97. The van der Waals surface area contributed by atoms with Gasteiger partial charge in [0.15, 0.2) is 0 Å². The van der Waals surface area contributed by atoms with Crippen molar-refractivity contribution in [3.8, 4) is 0 Å². The van der Waals surface area contributed by atoms with Crippen LogP contribution in [0.5, 0.6) is 0 Å². The van der Waals surface area contributed by atoms with Crippen molar-refractivity contribution >= 4 is 28.5 Å². The van der Waals surface area contributed by atoms with E-state index in [0.29, 0.717) is 12.1 Å². The molecule has 1 atom stereocenters. The average Bonchev–Trinajstić information content (AvgIpc) is 3.15. The minimum absolute atomic E-state index is 0.0835. The number of fused-ring (bicyclic) bond motifs is 1. The number of nitrogens with one attached hydrogen (secondary N) is 1. The molecule has 174 valence electrons. The van der Waals surface area contributed by atoms with E-state index >= 15 is 0 Å². The first-order valence-corrected chi connectivity index (χ1v) is 11.3. The second-order valence-electron chi connectivity index (χ2n) is 8.55. The van der Waals surface area contributed by atoms with E-state index in [-0.39, 0.29) is 18.4 Å². The zero-order valence-corrected chi connectivity index (χ0v) is 19.9. The Kier molecular flexibility index (Phi) is 6.72. The minimum Gasteiger partial charge on any atom is -0.342 e. The third-order valence-corrected chi connectivity index (χ3v) is 6.00. The summed E-state index contributed by atoms with van der Waals surface area (Å²) in [5.41, 5.74) is 5.37. The van der Waals surface area contributed by atoms with E-state index in [9.17, 15) is 9.59 Å². The highest BCUT2D eigenvalue weighted by atomic mass is 16.2. The summed E-state index contributed by atoms with van der Waals surface area (Å²) in [6.07, 6.45) is 2.05. The predicted molar refractivity (Wildman–Crippen MR) is 134 cm³/mol. The van der Waals surface area contributed by atoms with Crippen molar-refractivity contribution in [3.63, 3.8) is 0 Å². The lowest BCUT2D eigenvalue weighted by Crippen LogP contribution is -2.49. The third-order valence-electron chi connectivity index (χ3n) is 6.00. The summed E-state index contributed by atoms with van der Waals surface area (Å²) in [7, 11) is 1.70. The second-order valence-corrected chi connectivity index (χ2v) is 8.55. The van der Waals surface area contributed by atoms with Gasteiger partial charge in [-0.05, 0) is 50.1 Å². The van der Waals surface area contributed by atoms with Crippen molar-refractivity contribution < 1.29 is 9.59 Å². The van der Waals surface area contributed by atoms with Crippen LogP contribution in [0.2, 0.25) is 0 Å². The molecule has 4 rings (SSSR count). The predicted octanol–water partition coefficient (Wildman–Crippen LogP) is 3.75. The average molecular weight is 456 g/mol. The van der Waals surface area contributed by atoms with Crippen LogP contribution in [-0.2, 0) is 22.6 Å². The number of pyridine rings is 1. The zero-order valence-electron chi connectivity index (χ0n) is 19.9. The van der Waals surface area contributed by atoms with Gasteiger partial charge in [-0.15, -0.1) is 0 Å². The Bertz CT molecular complexity index is 1310. The molecule has 0 bridgehead atoms. The molecular weight excluding hydrogens is 426 g/mol. The Morgan fingerprint density at radius 3 is 2.47 bits per heavy atom. The molecule has 4 aromatic rings. The van der Waals surface area contributed by atoms with Gasteiger partial charge in [0.05, 0.1) is 22.9 Å². The number of rotatable bonds is 7.